The molecule has 1 atom stereocenters. The molecule has 1 unspecified atom stereocenters. The summed E-state index contributed by atoms with van der Waals surface area (Å²) < 4.78 is 26.2. The van der Waals surface area contributed by atoms with E-state index < -0.39 is 6.10 Å². The van der Waals surface area contributed by atoms with Gasteiger partial charge in [0.15, 0.2) is 17.6 Å². The maximum Gasteiger partial charge on any atom is 0.260 e. The minimum atomic E-state index is -0.643. The van der Waals surface area contributed by atoms with Gasteiger partial charge in [-0.25, -0.2) is 4.39 Å². The molecule has 0 fully saturated rings. The van der Waals surface area contributed by atoms with Gasteiger partial charge in [-0.1, -0.05) is 6.07 Å². The molecule has 0 spiro atoms. The summed E-state index contributed by atoms with van der Waals surface area (Å²) in [5.41, 5.74) is 3.36. The van der Waals surface area contributed by atoms with E-state index in [0.717, 1.165) is 11.1 Å². The van der Waals surface area contributed by atoms with Crippen LogP contribution in [0.4, 0.5) is 4.39 Å². The second-order valence-electron chi connectivity index (χ2n) is 7.70. The van der Waals surface area contributed by atoms with Crippen molar-refractivity contribution >= 4 is 11.6 Å². The van der Waals surface area contributed by atoms with E-state index in [1.807, 2.05) is 32.0 Å². The number of carbonyl (C=O) groups is 1. The minimum Gasteiger partial charge on any atom is -0.481 e. The Bertz CT molecular complexity index is 1250. The van der Waals surface area contributed by atoms with Gasteiger partial charge in [-0.3, -0.25) is 4.79 Å². The van der Waals surface area contributed by atoms with Crippen molar-refractivity contribution in [3.8, 4) is 23.0 Å². The van der Waals surface area contributed by atoms with Gasteiger partial charge in [-0.15, -0.1) is 15.3 Å². The van der Waals surface area contributed by atoms with Crippen LogP contribution in [-0.2, 0) is 4.79 Å². The van der Waals surface area contributed by atoms with Gasteiger partial charge in [0.1, 0.15) is 18.2 Å². The van der Waals surface area contributed by atoms with Crippen molar-refractivity contribution in [1.29, 1.82) is 0 Å². The van der Waals surface area contributed by atoms with Crippen LogP contribution in [0.15, 0.2) is 54.6 Å². The number of aromatic nitrogens is 4. The van der Waals surface area contributed by atoms with Crippen molar-refractivity contribution in [2.24, 2.45) is 0 Å². The fourth-order valence-electron chi connectivity index (χ4n) is 3.36. The molecule has 9 heteroatoms. The monoisotopic (exact) mass is 449 g/mol. The van der Waals surface area contributed by atoms with Gasteiger partial charge in [-0.05, 0) is 74.4 Å². The molecule has 0 saturated carbocycles. The maximum atomic E-state index is 13.2. The number of nitrogens with zero attached hydrogens (tertiary/aromatic N) is 4. The van der Waals surface area contributed by atoms with Gasteiger partial charge in [-0.2, -0.15) is 4.52 Å². The number of hydrogen-bond acceptors (Lipinski definition) is 6. The van der Waals surface area contributed by atoms with Crippen molar-refractivity contribution in [3.63, 3.8) is 0 Å². The van der Waals surface area contributed by atoms with E-state index in [1.54, 1.807) is 31.2 Å². The summed E-state index contributed by atoms with van der Waals surface area (Å²) >= 11 is 0. The third-order valence-electron chi connectivity index (χ3n) is 4.87. The van der Waals surface area contributed by atoms with Gasteiger partial charge < -0.3 is 14.8 Å². The molecule has 2 aromatic heterocycles. The van der Waals surface area contributed by atoms with Crippen LogP contribution in [0, 0.1) is 19.7 Å². The average Bonchev–Trinajstić information content (AvgIpc) is 3.19. The molecule has 8 nitrogen and oxygen atoms in total. The molecule has 0 radical (unpaired) electrons. The summed E-state index contributed by atoms with van der Waals surface area (Å²) in [6.45, 7) is 6.17. The van der Waals surface area contributed by atoms with E-state index >= 15 is 0 Å². The number of carbonyl (C=O) groups excluding carboxylic acids is 1. The first-order valence-electron chi connectivity index (χ1n) is 10.5. The third-order valence-corrected chi connectivity index (χ3v) is 4.87. The SMILES string of the molecule is Cc1cc(C)cc(OC(C)C(=O)NCCOc2ccc3nnc(-c4ccc(F)cc4)n3n2)c1. The molecule has 33 heavy (non-hydrogen) atoms. The molecule has 2 aromatic carbocycles. The highest BCUT2D eigenvalue weighted by molar-refractivity contribution is 5.80. The highest BCUT2D eigenvalue weighted by Gasteiger charge is 2.15. The normalized spacial score (nSPS) is 11.9. The van der Waals surface area contributed by atoms with E-state index in [2.05, 4.69) is 20.6 Å². The van der Waals surface area contributed by atoms with Crippen LogP contribution in [0.3, 0.4) is 0 Å². The number of rotatable bonds is 8. The Morgan fingerprint density at radius 3 is 2.52 bits per heavy atom. The summed E-state index contributed by atoms with van der Waals surface area (Å²) in [6, 6.07) is 15.2. The molecule has 1 amide bonds. The predicted molar refractivity (Wildman–Crippen MR) is 121 cm³/mol. The maximum absolute atomic E-state index is 13.2. The first-order valence-corrected chi connectivity index (χ1v) is 10.5. The topological polar surface area (TPSA) is 90.6 Å². The first kappa shape index (κ1) is 22.2. The number of aryl methyl sites for hydroxylation is 2. The zero-order chi connectivity index (χ0) is 23.4. The van der Waals surface area contributed by atoms with E-state index in [1.165, 1.54) is 16.6 Å². The molecule has 0 bridgehead atoms. The minimum absolute atomic E-state index is 0.217. The Labute approximate surface area is 190 Å². The van der Waals surface area contributed by atoms with Crippen molar-refractivity contribution in [3.05, 3.63) is 71.5 Å². The second-order valence-corrected chi connectivity index (χ2v) is 7.70. The number of amides is 1. The van der Waals surface area contributed by atoms with Crippen LogP contribution < -0.4 is 14.8 Å². The van der Waals surface area contributed by atoms with Crippen LogP contribution in [0.1, 0.15) is 18.1 Å². The summed E-state index contributed by atoms with van der Waals surface area (Å²) in [7, 11) is 0. The van der Waals surface area contributed by atoms with Gasteiger partial charge >= 0.3 is 0 Å². The quantitative estimate of drug-likeness (QED) is 0.414. The van der Waals surface area contributed by atoms with Gasteiger partial charge in [0.2, 0.25) is 5.88 Å². The molecule has 0 aliphatic rings. The highest BCUT2D eigenvalue weighted by atomic mass is 19.1. The molecule has 170 valence electrons. The third kappa shape index (κ3) is 5.43. The number of hydrogen-bond donors (Lipinski definition) is 1. The summed E-state index contributed by atoms with van der Waals surface area (Å²) in [4.78, 5) is 12.3. The van der Waals surface area contributed by atoms with Gasteiger partial charge in [0.25, 0.3) is 5.91 Å². The van der Waals surface area contributed by atoms with E-state index in [0.29, 0.717) is 28.7 Å². The lowest BCUT2D eigenvalue weighted by Crippen LogP contribution is -2.38. The van der Waals surface area contributed by atoms with Crippen molar-refractivity contribution in [2.45, 2.75) is 26.9 Å². The zero-order valence-electron chi connectivity index (χ0n) is 18.6. The molecule has 0 aliphatic carbocycles. The number of fused-ring (bicyclic) bond motifs is 1. The Balaban J connectivity index is 1.32. The van der Waals surface area contributed by atoms with E-state index in [-0.39, 0.29) is 24.9 Å². The fraction of sp³-hybridized carbons (Fsp3) is 0.250. The Hall–Kier alpha value is -4.01. The lowest BCUT2D eigenvalue weighted by atomic mass is 10.1. The second kappa shape index (κ2) is 9.64. The Morgan fingerprint density at radius 1 is 1.06 bits per heavy atom. The van der Waals surface area contributed by atoms with Crippen LogP contribution >= 0.6 is 0 Å². The molecule has 0 saturated heterocycles. The fourth-order valence-corrected chi connectivity index (χ4v) is 3.36. The summed E-state index contributed by atoms with van der Waals surface area (Å²) in [5, 5.41) is 15.4. The molecule has 1 N–H and O–H groups in total. The smallest absolute Gasteiger partial charge is 0.260 e. The highest BCUT2D eigenvalue weighted by Crippen LogP contribution is 2.20. The van der Waals surface area contributed by atoms with E-state index in [9.17, 15) is 9.18 Å². The van der Waals surface area contributed by atoms with Crippen LogP contribution in [0.5, 0.6) is 11.6 Å². The predicted octanol–water partition coefficient (Wildman–Crippen LogP) is 3.51. The molecular formula is C24H24FN5O3. The van der Waals surface area contributed by atoms with Crippen molar-refractivity contribution in [1.82, 2.24) is 25.1 Å². The molecule has 2 heterocycles. The van der Waals surface area contributed by atoms with Gasteiger partial charge in [0.05, 0.1) is 6.54 Å². The van der Waals surface area contributed by atoms with Crippen LogP contribution in [0.25, 0.3) is 17.0 Å². The lowest BCUT2D eigenvalue weighted by Gasteiger charge is -2.15. The number of nitrogens with one attached hydrogen (secondary N) is 1. The molecule has 0 aliphatic heterocycles. The summed E-state index contributed by atoms with van der Waals surface area (Å²) in [6.07, 6.45) is -0.643. The summed E-state index contributed by atoms with van der Waals surface area (Å²) in [5.74, 6) is 0.911. The molecule has 4 rings (SSSR count). The largest absolute Gasteiger partial charge is 0.481 e. The number of halogens is 1. The Morgan fingerprint density at radius 2 is 1.79 bits per heavy atom. The average molecular weight is 449 g/mol. The van der Waals surface area contributed by atoms with Crippen molar-refractivity contribution in [2.75, 3.05) is 13.2 Å². The van der Waals surface area contributed by atoms with E-state index in [4.69, 9.17) is 9.47 Å². The van der Waals surface area contributed by atoms with Crippen LogP contribution in [0.2, 0.25) is 0 Å². The molecular weight excluding hydrogens is 425 g/mol. The lowest BCUT2D eigenvalue weighted by molar-refractivity contribution is -0.127. The van der Waals surface area contributed by atoms with Crippen LogP contribution in [-0.4, -0.2) is 45.0 Å². The Kier molecular flexibility index (Phi) is 6.48. The van der Waals surface area contributed by atoms with Gasteiger partial charge in [0, 0.05) is 11.6 Å². The number of ether oxygens (including phenoxy) is 2. The molecule has 4 aromatic rings. The first-order chi connectivity index (χ1) is 15.9. The standard InChI is InChI=1S/C24H24FN5O3/c1-15-12-16(2)14-20(13-15)33-17(3)24(31)26-10-11-32-22-9-8-21-27-28-23(30(21)29-22)18-4-6-19(25)7-5-18/h4-9,12-14,17H,10-11H2,1-3H3,(H,26,31). The zero-order valence-corrected chi connectivity index (χ0v) is 18.6. The van der Waals surface area contributed by atoms with Crippen molar-refractivity contribution < 1.29 is 18.7 Å². The number of benzene rings is 2.